The zero-order valence-electron chi connectivity index (χ0n) is 16.8. The van der Waals surface area contributed by atoms with E-state index in [-0.39, 0.29) is 5.52 Å². The van der Waals surface area contributed by atoms with Gasteiger partial charge in [0.1, 0.15) is 12.2 Å². The van der Waals surface area contributed by atoms with Gasteiger partial charge < -0.3 is 0 Å². The van der Waals surface area contributed by atoms with Crippen LogP contribution in [-0.2, 0) is 12.0 Å². The Morgan fingerprint density at radius 1 is 1.06 bits per heavy atom. The minimum Gasteiger partial charge on any atom is -0.257 e. The molecular weight excluding hydrogens is 437 g/mol. The van der Waals surface area contributed by atoms with Crippen LogP contribution in [0.25, 0.3) is 22.3 Å². The molecule has 0 N–H and O–H groups in total. The lowest BCUT2D eigenvalue weighted by Crippen LogP contribution is -2.40. The number of hydrogen-bond acceptors (Lipinski definition) is 5. The molecule has 3 rings (SSSR count). The van der Waals surface area contributed by atoms with Crippen LogP contribution in [-0.4, -0.2) is 37.6 Å². The molecule has 0 aliphatic carbocycles. The first-order valence-electron chi connectivity index (χ1n) is 9.20. The van der Waals surface area contributed by atoms with Crippen LogP contribution in [0, 0.1) is 11.3 Å². The summed E-state index contributed by atoms with van der Waals surface area (Å²) < 4.78 is 65.0. The van der Waals surface area contributed by atoms with Gasteiger partial charge in [-0.3, -0.25) is 14.6 Å². The van der Waals surface area contributed by atoms with E-state index in [9.17, 15) is 27.2 Å². The topological polar surface area (TPSA) is 67.4 Å². The molecule has 11 heteroatoms. The quantitative estimate of drug-likeness (QED) is 0.357. The second-order valence-corrected chi connectivity index (χ2v) is 8.68. The van der Waals surface area contributed by atoms with Gasteiger partial charge in [0.25, 0.3) is 0 Å². The van der Waals surface area contributed by atoms with Crippen molar-refractivity contribution in [1.29, 1.82) is 5.26 Å². The molecule has 0 unspecified atom stereocenters. The van der Waals surface area contributed by atoms with Gasteiger partial charge in [-0.05, 0) is 37.3 Å². The third-order valence-electron chi connectivity index (χ3n) is 4.69. The molecule has 0 aromatic carbocycles. The lowest BCUT2D eigenvalue weighted by atomic mass is 9.87. The molecule has 0 spiro atoms. The molecule has 3 aromatic heterocycles. The Bertz CT molecular complexity index is 1150. The maximum Gasteiger partial charge on any atom is 0.455 e. The van der Waals surface area contributed by atoms with Crippen molar-refractivity contribution in [3.8, 4) is 17.5 Å². The maximum atomic E-state index is 13.4. The Kier molecular flexibility index (Phi) is 5.97. The van der Waals surface area contributed by atoms with E-state index >= 15 is 0 Å². The second-order valence-electron chi connectivity index (χ2n) is 7.37. The van der Waals surface area contributed by atoms with Crippen molar-refractivity contribution in [2.24, 2.45) is 0 Å². The van der Waals surface area contributed by atoms with E-state index in [1.807, 2.05) is 13.0 Å². The van der Waals surface area contributed by atoms with E-state index in [0.717, 1.165) is 16.2 Å². The SMILES string of the molecule is CCSc1cc(C(C)(C)C#N)cnc1-c1cc2cnn(CC(F)(F)C(F)(F)F)c2cn1. The molecule has 0 amide bonds. The van der Waals surface area contributed by atoms with Gasteiger partial charge in [0.05, 0.1) is 35.1 Å². The third kappa shape index (κ3) is 4.49. The van der Waals surface area contributed by atoms with E-state index in [0.29, 0.717) is 21.5 Å². The van der Waals surface area contributed by atoms with Gasteiger partial charge in [-0.1, -0.05) is 6.92 Å². The third-order valence-corrected chi connectivity index (χ3v) is 5.60. The van der Waals surface area contributed by atoms with Crippen molar-refractivity contribution >= 4 is 22.7 Å². The van der Waals surface area contributed by atoms with Gasteiger partial charge in [-0.2, -0.15) is 32.3 Å². The Labute approximate surface area is 179 Å². The monoisotopic (exact) mass is 455 g/mol. The molecule has 0 aliphatic heterocycles. The number of alkyl halides is 5. The first-order chi connectivity index (χ1) is 14.4. The summed E-state index contributed by atoms with van der Waals surface area (Å²) in [5.41, 5.74) is 1.00. The highest BCUT2D eigenvalue weighted by Crippen LogP contribution is 2.38. The Hall–Kier alpha value is -2.74. The molecule has 5 nitrogen and oxygen atoms in total. The van der Waals surface area contributed by atoms with E-state index < -0.39 is 24.1 Å². The number of aromatic nitrogens is 4. The molecule has 3 aromatic rings. The number of fused-ring (bicyclic) bond motifs is 1. The summed E-state index contributed by atoms with van der Waals surface area (Å²) >= 11 is 1.50. The summed E-state index contributed by atoms with van der Waals surface area (Å²) in [5, 5.41) is 13.4. The van der Waals surface area contributed by atoms with Crippen LogP contribution in [0.5, 0.6) is 0 Å². The molecule has 0 saturated carbocycles. The Morgan fingerprint density at radius 2 is 1.77 bits per heavy atom. The van der Waals surface area contributed by atoms with E-state index in [4.69, 9.17) is 0 Å². The lowest BCUT2D eigenvalue weighted by Gasteiger charge is -2.19. The van der Waals surface area contributed by atoms with Crippen molar-refractivity contribution in [2.75, 3.05) is 5.75 Å². The average molecular weight is 455 g/mol. The molecule has 0 atom stereocenters. The lowest BCUT2D eigenvalue weighted by molar-refractivity contribution is -0.287. The minimum absolute atomic E-state index is 0.0552. The fourth-order valence-electron chi connectivity index (χ4n) is 2.82. The highest BCUT2D eigenvalue weighted by atomic mass is 32.2. The smallest absolute Gasteiger partial charge is 0.257 e. The van der Waals surface area contributed by atoms with Crippen molar-refractivity contribution in [3.05, 3.63) is 36.3 Å². The molecule has 31 heavy (non-hydrogen) atoms. The molecular formula is C20H18F5N5S. The van der Waals surface area contributed by atoms with Gasteiger partial charge >= 0.3 is 12.1 Å². The van der Waals surface area contributed by atoms with Crippen molar-refractivity contribution in [1.82, 2.24) is 19.7 Å². The summed E-state index contributed by atoms with van der Waals surface area (Å²) in [6.07, 6.45) is -1.67. The number of rotatable bonds is 6. The predicted molar refractivity (Wildman–Crippen MR) is 107 cm³/mol. The summed E-state index contributed by atoms with van der Waals surface area (Å²) in [7, 11) is 0. The summed E-state index contributed by atoms with van der Waals surface area (Å²) in [5.74, 6) is -4.18. The number of hydrogen-bond donors (Lipinski definition) is 0. The summed E-state index contributed by atoms with van der Waals surface area (Å²) in [4.78, 5) is 9.47. The summed E-state index contributed by atoms with van der Waals surface area (Å²) in [6, 6.07) is 5.63. The summed E-state index contributed by atoms with van der Waals surface area (Å²) in [6.45, 7) is 3.88. The number of halogens is 5. The van der Waals surface area contributed by atoms with Gasteiger partial charge in [-0.15, -0.1) is 11.8 Å². The number of pyridine rings is 2. The Morgan fingerprint density at radius 3 is 2.39 bits per heavy atom. The second kappa shape index (κ2) is 8.07. The van der Waals surface area contributed by atoms with E-state index in [1.165, 1.54) is 24.2 Å². The fraction of sp³-hybridized carbons (Fsp3) is 0.400. The van der Waals surface area contributed by atoms with Crippen LogP contribution in [0.15, 0.2) is 35.6 Å². The maximum absolute atomic E-state index is 13.4. The van der Waals surface area contributed by atoms with Crippen LogP contribution in [0.3, 0.4) is 0 Å². The van der Waals surface area contributed by atoms with Crippen molar-refractivity contribution in [3.63, 3.8) is 0 Å². The Balaban J connectivity index is 2.02. The normalized spacial score (nSPS) is 12.9. The molecule has 0 saturated heterocycles. The predicted octanol–water partition coefficient (Wildman–Crippen LogP) is 5.60. The first-order valence-corrected chi connectivity index (χ1v) is 10.2. The largest absolute Gasteiger partial charge is 0.455 e. The van der Waals surface area contributed by atoms with Crippen LogP contribution in [0.1, 0.15) is 26.3 Å². The highest BCUT2D eigenvalue weighted by Gasteiger charge is 2.57. The van der Waals surface area contributed by atoms with E-state index in [2.05, 4.69) is 21.1 Å². The van der Waals surface area contributed by atoms with Gasteiger partial charge in [0, 0.05) is 16.5 Å². The van der Waals surface area contributed by atoms with Crippen LogP contribution in [0.4, 0.5) is 22.0 Å². The molecule has 0 bridgehead atoms. The number of nitrogens with zero attached hydrogens (tertiary/aromatic N) is 5. The van der Waals surface area contributed by atoms with E-state index in [1.54, 1.807) is 26.1 Å². The van der Waals surface area contributed by atoms with Gasteiger partial charge in [0.2, 0.25) is 0 Å². The highest BCUT2D eigenvalue weighted by molar-refractivity contribution is 7.99. The standard InChI is InChI=1S/C20H18F5N5S/c1-4-31-16-6-13(18(2,3)10-26)8-28-17(16)14-5-12-7-29-30(15(12)9-27-14)11-19(21,22)20(23,24)25/h5-9H,4,11H2,1-3H3. The number of thioether (sulfide) groups is 1. The molecule has 0 radical (unpaired) electrons. The molecule has 3 heterocycles. The molecule has 164 valence electrons. The fourth-order valence-corrected chi connectivity index (χ4v) is 3.63. The first kappa shape index (κ1) is 22.9. The molecule has 0 aliphatic rings. The van der Waals surface area contributed by atoms with Crippen LogP contribution >= 0.6 is 11.8 Å². The van der Waals surface area contributed by atoms with Crippen LogP contribution in [0.2, 0.25) is 0 Å². The van der Waals surface area contributed by atoms with Gasteiger partial charge in [0.15, 0.2) is 0 Å². The van der Waals surface area contributed by atoms with Crippen LogP contribution < -0.4 is 0 Å². The van der Waals surface area contributed by atoms with Gasteiger partial charge in [-0.25, -0.2) is 0 Å². The minimum atomic E-state index is -5.67. The number of nitriles is 1. The van der Waals surface area contributed by atoms with Crippen molar-refractivity contribution in [2.45, 2.75) is 49.7 Å². The average Bonchev–Trinajstić information content (AvgIpc) is 3.08. The zero-order chi connectivity index (χ0) is 23.0. The zero-order valence-corrected chi connectivity index (χ0v) is 17.7. The molecule has 0 fully saturated rings. The van der Waals surface area contributed by atoms with Crippen molar-refractivity contribution < 1.29 is 22.0 Å².